The first kappa shape index (κ1) is 30.7. The highest BCUT2D eigenvalue weighted by Gasteiger charge is 2.20. The SMILES string of the molecule is CCOC(=O)c1cc(Nc2ncc(/C=C(\C(C)=O)c3c(Cl)cccc3Cl)c(C(C)CC)n2)cc(C(=O)OCC)n1. The van der Waals surface area contributed by atoms with E-state index in [1.54, 1.807) is 44.3 Å². The normalized spacial score (nSPS) is 12.0. The summed E-state index contributed by atoms with van der Waals surface area (Å²) in [5, 5.41) is 3.75. The number of aromatic nitrogens is 3. The fourth-order valence-corrected chi connectivity index (χ4v) is 4.38. The lowest BCUT2D eigenvalue weighted by molar-refractivity contribution is -0.111. The van der Waals surface area contributed by atoms with E-state index in [1.807, 2.05) is 13.8 Å². The summed E-state index contributed by atoms with van der Waals surface area (Å²) >= 11 is 12.8. The Kier molecular flexibility index (Phi) is 10.8. The molecule has 9 nitrogen and oxygen atoms in total. The monoisotopic (exact) mass is 584 g/mol. The molecule has 1 unspecified atom stereocenters. The Morgan fingerprint density at radius 1 is 0.975 bits per heavy atom. The molecule has 3 aromatic rings. The van der Waals surface area contributed by atoms with E-state index in [2.05, 4.69) is 15.3 Å². The van der Waals surface area contributed by atoms with Gasteiger partial charge >= 0.3 is 11.9 Å². The van der Waals surface area contributed by atoms with E-state index in [9.17, 15) is 14.4 Å². The van der Waals surface area contributed by atoms with Crippen LogP contribution in [0, 0.1) is 0 Å². The van der Waals surface area contributed by atoms with Crippen LogP contribution in [0.15, 0.2) is 36.5 Å². The van der Waals surface area contributed by atoms with Crippen molar-refractivity contribution in [1.82, 2.24) is 15.0 Å². The lowest BCUT2D eigenvalue weighted by atomic mass is 9.95. The number of pyridine rings is 1. The number of carbonyl (C=O) groups excluding carboxylic acids is 3. The van der Waals surface area contributed by atoms with Gasteiger partial charge in [0, 0.05) is 28.6 Å². The fraction of sp³-hybridized carbons (Fsp3) is 0.310. The number of anilines is 2. The Hall–Kier alpha value is -3.82. The summed E-state index contributed by atoms with van der Waals surface area (Å²) in [4.78, 5) is 50.7. The lowest BCUT2D eigenvalue weighted by Gasteiger charge is -2.16. The van der Waals surface area contributed by atoms with Crippen molar-refractivity contribution >= 4 is 64.2 Å². The minimum Gasteiger partial charge on any atom is -0.461 e. The highest BCUT2D eigenvalue weighted by atomic mass is 35.5. The molecule has 0 spiro atoms. The molecule has 2 aromatic heterocycles. The lowest BCUT2D eigenvalue weighted by Crippen LogP contribution is -2.14. The molecule has 3 rings (SSSR count). The number of carbonyl (C=O) groups is 3. The molecule has 0 aliphatic heterocycles. The topological polar surface area (TPSA) is 120 Å². The van der Waals surface area contributed by atoms with Gasteiger partial charge in [-0.3, -0.25) is 4.79 Å². The number of rotatable bonds is 11. The maximum atomic E-state index is 12.7. The molecule has 2 heterocycles. The third kappa shape index (κ3) is 7.43. The summed E-state index contributed by atoms with van der Waals surface area (Å²) in [6.45, 7) is 9.09. The Morgan fingerprint density at radius 2 is 1.55 bits per heavy atom. The van der Waals surface area contributed by atoms with Crippen molar-refractivity contribution in [3.63, 3.8) is 0 Å². The molecule has 0 radical (unpaired) electrons. The molecule has 0 fully saturated rings. The first-order valence-electron chi connectivity index (χ1n) is 12.8. The van der Waals surface area contributed by atoms with Crippen molar-refractivity contribution in [3.05, 3.63) is 74.8 Å². The maximum Gasteiger partial charge on any atom is 0.357 e. The fourth-order valence-electron chi connectivity index (χ4n) is 3.78. The molecule has 0 bridgehead atoms. The van der Waals surface area contributed by atoms with Gasteiger partial charge in [-0.1, -0.05) is 43.1 Å². The third-order valence-electron chi connectivity index (χ3n) is 5.89. The van der Waals surface area contributed by atoms with Gasteiger partial charge < -0.3 is 14.8 Å². The van der Waals surface area contributed by atoms with Crippen LogP contribution in [0.5, 0.6) is 0 Å². The number of nitrogens with zero attached hydrogens (tertiary/aromatic N) is 3. The minimum absolute atomic E-state index is 0.00708. The smallest absolute Gasteiger partial charge is 0.357 e. The molecule has 0 saturated carbocycles. The standard InChI is InChI=1S/C29H30Cl2N4O5/c1-6-16(4)26-18(12-20(17(5)36)25-21(30)10-9-11-22(25)31)15-32-29(35-26)33-19-13-23(27(37)39-7-2)34-24(14-19)28(38)40-8-3/h9-16H,6-8H2,1-5H3,(H,32,33,34,35)/b20-12+. The number of esters is 2. The zero-order valence-electron chi connectivity index (χ0n) is 22.9. The maximum absolute atomic E-state index is 12.7. The Bertz CT molecular complexity index is 1400. The van der Waals surface area contributed by atoms with Gasteiger partial charge in [0.25, 0.3) is 0 Å². The Morgan fingerprint density at radius 3 is 2.05 bits per heavy atom. The summed E-state index contributed by atoms with van der Waals surface area (Å²) in [6.07, 6.45) is 4.03. The predicted molar refractivity (Wildman–Crippen MR) is 155 cm³/mol. The van der Waals surface area contributed by atoms with Crippen molar-refractivity contribution in [2.75, 3.05) is 18.5 Å². The van der Waals surface area contributed by atoms with E-state index in [1.165, 1.54) is 19.1 Å². The summed E-state index contributed by atoms with van der Waals surface area (Å²) in [5.74, 6) is -1.39. The molecule has 1 aromatic carbocycles. The van der Waals surface area contributed by atoms with Crippen LogP contribution in [0.2, 0.25) is 10.0 Å². The average molecular weight is 585 g/mol. The highest BCUT2D eigenvalue weighted by Crippen LogP contribution is 2.34. The summed E-state index contributed by atoms with van der Waals surface area (Å²) in [6, 6.07) is 7.92. The largest absolute Gasteiger partial charge is 0.461 e. The van der Waals surface area contributed by atoms with E-state index in [0.29, 0.717) is 38.1 Å². The number of ether oxygens (including phenoxy) is 2. The highest BCUT2D eigenvalue weighted by molar-refractivity contribution is 6.41. The van der Waals surface area contributed by atoms with Crippen LogP contribution in [-0.2, 0) is 14.3 Å². The first-order chi connectivity index (χ1) is 19.1. The van der Waals surface area contributed by atoms with Crippen LogP contribution in [0.1, 0.15) is 84.8 Å². The first-order valence-corrected chi connectivity index (χ1v) is 13.5. The van der Waals surface area contributed by atoms with Crippen molar-refractivity contribution in [3.8, 4) is 0 Å². The molecular formula is C29H30Cl2N4O5. The van der Waals surface area contributed by atoms with Crippen molar-refractivity contribution in [2.45, 2.75) is 47.0 Å². The number of Topliss-reactive ketones (excluding diaryl/α,β-unsaturated/α-hetero) is 1. The van der Waals surface area contributed by atoms with E-state index in [-0.39, 0.29) is 42.3 Å². The quantitative estimate of drug-likeness (QED) is 0.189. The number of hydrogen-bond donors (Lipinski definition) is 1. The molecule has 1 atom stereocenters. The summed E-state index contributed by atoms with van der Waals surface area (Å²) < 4.78 is 10.1. The van der Waals surface area contributed by atoms with E-state index in [0.717, 1.165) is 6.42 Å². The number of hydrogen-bond acceptors (Lipinski definition) is 9. The molecular weight excluding hydrogens is 555 g/mol. The molecule has 0 saturated heterocycles. The van der Waals surface area contributed by atoms with Gasteiger partial charge in [0.2, 0.25) is 5.95 Å². The Labute approximate surface area is 242 Å². The minimum atomic E-state index is -0.687. The Balaban J connectivity index is 2.09. The molecule has 11 heteroatoms. The number of halogens is 2. The predicted octanol–water partition coefficient (Wildman–Crippen LogP) is 6.92. The van der Waals surface area contributed by atoms with Gasteiger partial charge in [0.05, 0.1) is 29.0 Å². The molecule has 0 aliphatic carbocycles. The van der Waals surface area contributed by atoms with E-state index in [4.69, 9.17) is 37.7 Å². The number of ketones is 1. The van der Waals surface area contributed by atoms with Crippen molar-refractivity contribution in [2.24, 2.45) is 0 Å². The second kappa shape index (κ2) is 14.0. The second-order valence-corrected chi connectivity index (χ2v) is 9.56. The summed E-state index contributed by atoms with van der Waals surface area (Å²) in [5.41, 5.74) is 2.26. The zero-order chi connectivity index (χ0) is 29.4. The van der Waals surface area contributed by atoms with Crippen LogP contribution in [0.3, 0.4) is 0 Å². The average Bonchev–Trinajstić information content (AvgIpc) is 2.92. The third-order valence-corrected chi connectivity index (χ3v) is 6.52. The molecule has 40 heavy (non-hydrogen) atoms. The number of allylic oxidation sites excluding steroid dienone is 1. The molecule has 210 valence electrons. The van der Waals surface area contributed by atoms with Crippen LogP contribution in [0.4, 0.5) is 11.6 Å². The van der Waals surface area contributed by atoms with Gasteiger partial charge in [-0.05, 0) is 63.5 Å². The van der Waals surface area contributed by atoms with Crippen LogP contribution >= 0.6 is 23.2 Å². The van der Waals surface area contributed by atoms with Gasteiger partial charge in [0.1, 0.15) is 0 Å². The van der Waals surface area contributed by atoms with Crippen molar-refractivity contribution in [1.29, 1.82) is 0 Å². The van der Waals surface area contributed by atoms with Crippen LogP contribution < -0.4 is 5.32 Å². The number of nitrogens with one attached hydrogen (secondary N) is 1. The molecule has 0 aliphatic rings. The molecule has 0 amide bonds. The van der Waals surface area contributed by atoms with E-state index >= 15 is 0 Å². The number of benzene rings is 1. The van der Waals surface area contributed by atoms with Crippen LogP contribution in [0.25, 0.3) is 11.6 Å². The van der Waals surface area contributed by atoms with Gasteiger partial charge in [-0.15, -0.1) is 0 Å². The van der Waals surface area contributed by atoms with Gasteiger partial charge in [0.15, 0.2) is 17.2 Å². The van der Waals surface area contributed by atoms with E-state index < -0.39 is 11.9 Å². The summed E-state index contributed by atoms with van der Waals surface area (Å²) in [7, 11) is 0. The van der Waals surface area contributed by atoms with Gasteiger partial charge in [-0.25, -0.2) is 24.5 Å². The van der Waals surface area contributed by atoms with Gasteiger partial charge in [-0.2, -0.15) is 0 Å². The molecule has 1 N–H and O–H groups in total. The van der Waals surface area contributed by atoms with Crippen LogP contribution in [-0.4, -0.2) is 45.9 Å². The second-order valence-electron chi connectivity index (χ2n) is 8.75. The zero-order valence-corrected chi connectivity index (χ0v) is 24.4. The van der Waals surface area contributed by atoms with Crippen molar-refractivity contribution < 1.29 is 23.9 Å².